The topological polar surface area (TPSA) is 85.4 Å². The maximum absolute atomic E-state index is 12.6. The summed E-state index contributed by atoms with van der Waals surface area (Å²) in [5.74, 6) is 1.75. The van der Waals surface area contributed by atoms with Gasteiger partial charge in [-0.1, -0.05) is 0 Å². The van der Waals surface area contributed by atoms with Gasteiger partial charge in [-0.05, 0) is 19.3 Å². The molecule has 26 heavy (non-hydrogen) atoms. The first-order chi connectivity index (χ1) is 12.6. The van der Waals surface area contributed by atoms with E-state index < -0.39 is 0 Å². The summed E-state index contributed by atoms with van der Waals surface area (Å²) in [7, 11) is 3.58. The van der Waals surface area contributed by atoms with Gasteiger partial charge in [0.1, 0.15) is 5.76 Å². The monoisotopic (exact) mass is 359 g/mol. The molecular formula is C18H25N5O3. The first-order valence-corrected chi connectivity index (χ1v) is 9.13. The number of aromatic nitrogens is 3. The van der Waals surface area contributed by atoms with Crippen molar-refractivity contribution in [3.8, 4) is 0 Å². The molecule has 1 unspecified atom stereocenters. The van der Waals surface area contributed by atoms with Gasteiger partial charge in [0.2, 0.25) is 0 Å². The second-order valence-electron chi connectivity index (χ2n) is 7.18. The first kappa shape index (κ1) is 17.2. The van der Waals surface area contributed by atoms with Crippen LogP contribution in [-0.4, -0.2) is 51.9 Å². The number of methoxy groups -OCH3 is 1. The van der Waals surface area contributed by atoms with E-state index in [9.17, 15) is 4.79 Å². The van der Waals surface area contributed by atoms with E-state index in [4.69, 9.17) is 9.15 Å². The zero-order valence-corrected chi connectivity index (χ0v) is 15.3. The number of nitrogens with zero attached hydrogens (tertiary/aromatic N) is 4. The summed E-state index contributed by atoms with van der Waals surface area (Å²) in [6, 6.07) is 0. The van der Waals surface area contributed by atoms with Crippen molar-refractivity contribution < 1.29 is 13.9 Å². The third kappa shape index (κ3) is 3.81. The molecule has 140 valence electrons. The fourth-order valence-electron chi connectivity index (χ4n) is 3.39. The molecular weight excluding hydrogens is 334 g/mol. The van der Waals surface area contributed by atoms with E-state index in [0.717, 1.165) is 43.8 Å². The van der Waals surface area contributed by atoms with Crippen LogP contribution in [0.4, 0.5) is 0 Å². The third-order valence-corrected chi connectivity index (χ3v) is 5.00. The highest BCUT2D eigenvalue weighted by Crippen LogP contribution is 2.39. The quantitative estimate of drug-likeness (QED) is 0.805. The van der Waals surface area contributed by atoms with Gasteiger partial charge in [0.15, 0.2) is 11.6 Å². The second kappa shape index (κ2) is 7.20. The Bertz CT molecular complexity index is 780. The Morgan fingerprint density at radius 3 is 3.00 bits per heavy atom. The third-order valence-electron chi connectivity index (χ3n) is 5.00. The van der Waals surface area contributed by atoms with E-state index in [0.29, 0.717) is 30.5 Å². The van der Waals surface area contributed by atoms with Crippen LogP contribution in [-0.2, 0) is 24.9 Å². The molecule has 2 fully saturated rings. The predicted molar refractivity (Wildman–Crippen MR) is 93.5 cm³/mol. The molecule has 2 aromatic heterocycles. The van der Waals surface area contributed by atoms with Gasteiger partial charge in [0.05, 0.1) is 18.8 Å². The minimum Gasteiger partial charge on any atom is -0.444 e. The van der Waals surface area contributed by atoms with Crippen molar-refractivity contribution in [1.29, 1.82) is 0 Å². The number of hydrogen-bond donors (Lipinski definition) is 1. The van der Waals surface area contributed by atoms with Crippen molar-refractivity contribution in [3.05, 3.63) is 35.3 Å². The van der Waals surface area contributed by atoms with Crippen LogP contribution < -0.4 is 5.32 Å². The molecule has 4 rings (SSSR count). The Morgan fingerprint density at radius 1 is 1.42 bits per heavy atom. The van der Waals surface area contributed by atoms with Gasteiger partial charge in [-0.2, -0.15) is 5.10 Å². The molecule has 1 atom stereocenters. The van der Waals surface area contributed by atoms with Gasteiger partial charge in [0, 0.05) is 51.5 Å². The number of carbonyl (C=O) groups is 1. The molecule has 1 N–H and O–H groups in total. The maximum Gasteiger partial charge on any atom is 0.272 e. The number of rotatable bonds is 7. The maximum atomic E-state index is 12.6. The highest BCUT2D eigenvalue weighted by molar-refractivity contribution is 5.93. The smallest absolute Gasteiger partial charge is 0.272 e. The lowest BCUT2D eigenvalue weighted by atomic mass is 10.2. The molecule has 2 aliphatic rings. The lowest BCUT2D eigenvalue weighted by Gasteiger charge is -2.15. The van der Waals surface area contributed by atoms with Crippen LogP contribution in [0.3, 0.4) is 0 Å². The van der Waals surface area contributed by atoms with Crippen molar-refractivity contribution in [2.24, 2.45) is 7.05 Å². The van der Waals surface area contributed by atoms with Crippen LogP contribution in [0.2, 0.25) is 0 Å². The lowest BCUT2D eigenvalue weighted by molar-refractivity contribution is 0.0939. The largest absolute Gasteiger partial charge is 0.444 e. The average Bonchev–Trinajstić information content (AvgIpc) is 3.05. The highest BCUT2D eigenvalue weighted by Gasteiger charge is 2.29. The number of likely N-dealkylation sites (tertiary alicyclic amines) is 1. The molecule has 0 aromatic carbocycles. The molecule has 1 saturated heterocycles. The van der Waals surface area contributed by atoms with Gasteiger partial charge in [0.25, 0.3) is 5.91 Å². The van der Waals surface area contributed by atoms with Crippen LogP contribution in [0.1, 0.15) is 52.9 Å². The summed E-state index contributed by atoms with van der Waals surface area (Å²) in [5.41, 5.74) is 1.40. The molecule has 3 heterocycles. The number of hydrogen-bond acceptors (Lipinski definition) is 6. The number of carbonyl (C=O) groups excluding carboxylic acids is 1. The van der Waals surface area contributed by atoms with Crippen molar-refractivity contribution in [2.45, 2.75) is 44.4 Å². The minimum absolute atomic E-state index is 0.188. The number of aryl methyl sites for hydroxylation is 1. The van der Waals surface area contributed by atoms with Gasteiger partial charge >= 0.3 is 0 Å². The summed E-state index contributed by atoms with van der Waals surface area (Å²) in [5, 5.41) is 7.24. The molecule has 1 amide bonds. The number of nitrogens with one attached hydrogen (secondary N) is 1. The summed E-state index contributed by atoms with van der Waals surface area (Å²) >= 11 is 0. The highest BCUT2D eigenvalue weighted by atomic mass is 16.5. The number of oxazole rings is 1. The zero-order valence-electron chi connectivity index (χ0n) is 15.3. The van der Waals surface area contributed by atoms with Gasteiger partial charge in [-0.15, -0.1) is 0 Å². The van der Waals surface area contributed by atoms with E-state index in [1.807, 2.05) is 13.2 Å². The van der Waals surface area contributed by atoms with Gasteiger partial charge < -0.3 is 14.5 Å². The Kier molecular flexibility index (Phi) is 4.78. The molecule has 0 spiro atoms. The summed E-state index contributed by atoms with van der Waals surface area (Å²) in [6.45, 7) is 2.87. The van der Waals surface area contributed by atoms with Crippen LogP contribution in [0.15, 0.2) is 16.8 Å². The van der Waals surface area contributed by atoms with Crippen molar-refractivity contribution in [3.63, 3.8) is 0 Å². The van der Waals surface area contributed by atoms with Gasteiger partial charge in [-0.25, -0.2) is 4.98 Å². The summed E-state index contributed by atoms with van der Waals surface area (Å²) in [6.07, 6.45) is 7.19. The molecule has 2 aromatic rings. The standard InChI is InChI=1S/C18H25N5O3/c1-22-9-13(10-23-6-5-14(11-23)25-2)16(21-22)17(24)19-7-15-8-20-18(26-15)12-3-4-12/h8-9,12,14H,3-7,10-11H2,1-2H3,(H,19,24). The molecule has 1 aliphatic heterocycles. The van der Waals surface area contributed by atoms with Crippen LogP contribution in [0, 0.1) is 0 Å². The van der Waals surface area contributed by atoms with E-state index in [1.54, 1.807) is 18.0 Å². The Morgan fingerprint density at radius 2 is 2.27 bits per heavy atom. The first-order valence-electron chi connectivity index (χ1n) is 9.13. The van der Waals surface area contributed by atoms with Crippen molar-refractivity contribution in [1.82, 2.24) is 25.0 Å². The second-order valence-corrected chi connectivity index (χ2v) is 7.18. The van der Waals surface area contributed by atoms with Crippen LogP contribution in [0.5, 0.6) is 0 Å². The van der Waals surface area contributed by atoms with E-state index in [1.165, 1.54) is 0 Å². The van der Waals surface area contributed by atoms with E-state index >= 15 is 0 Å². The minimum atomic E-state index is -0.188. The van der Waals surface area contributed by atoms with Gasteiger partial charge in [-0.3, -0.25) is 14.4 Å². The molecule has 1 aliphatic carbocycles. The molecule has 8 heteroatoms. The Hall–Kier alpha value is -2.19. The zero-order chi connectivity index (χ0) is 18.1. The number of ether oxygens (including phenoxy) is 1. The SMILES string of the molecule is COC1CCN(Cc2cn(C)nc2C(=O)NCc2cnc(C3CC3)o2)C1. The summed E-state index contributed by atoms with van der Waals surface area (Å²) in [4.78, 5) is 19.2. The molecule has 8 nitrogen and oxygen atoms in total. The van der Waals surface area contributed by atoms with Crippen molar-refractivity contribution >= 4 is 5.91 Å². The number of amides is 1. The van der Waals surface area contributed by atoms with E-state index in [2.05, 4.69) is 20.3 Å². The van der Waals surface area contributed by atoms with Crippen LogP contribution in [0.25, 0.3) is 0 Å². The molecule has 1 saturated carbocycles. The average molecular weight is 359 g/mol. The normalized spacial score (nSPS) is 20.6. The predicted octanol–water partition coefficient (Wildman–Crippen LogP) is 1.44. The molecule has 0 radical (unpaired) electrons. The van der Waals surface area contributed by atoms with Crippen LogP contribution >= 0.6 is 0 Å². The molecule has 0 bridgehead atoms. The lowest BCUT2D eigenvalue weighted by Crippen LogP contribution is -2.27. The fourth-order valence-corrected chi connectivity index (χ4v) is 3.39. The summed E-state index contributed by atoms with van der Waals surface area (Å²) < 4.78 is 12.8. The Labute approximate surface area is 152 Å². The van der Waals surface area contributed by atoms with Crippen molar-refractivity contribution in [2.75, 3.05) is 20.2 Å². The Balaban J connectivity index is 1.37. The van der Waals surface area contributed by atoms with E-state index in [-0.39, 0.29) is 12.0 Å². The fraction of sp³-hybridized carbons (Fsp3) is 0.611.